The maximum atomic E-state index is 13.3. The molecule has 0 saturated heterocycles. The summed E-state index contributed by atoms with van der Waals surface area (Å²) in [5.74, 6) is 0.212. The standard InChI is InChI=1S/C23H17Cl2N3O3S/c1-31-20-10-9-15(25)12-19(20)26-21(29)13-32-23-27-18-8-3-2-7-17(18)22(30)28(23)16-6-4-5-14(24)11-16/h2-12H,13H2,1H3,(H,26,29). The summed E-state index contributed by atoms with van der Waals surface area (Å²) < 4.78 is 6.73. The number of carbonyl (C=O) groups is 1. The van der Waals surface area contributed by atoms with E-state index >= 15 is 0 Å². The number of methoxy groups -OCH3 is 1. The van der Waals surface area contributed by atoms with Gasteiger partial charge >= 0.3 is 0 Å². The third-order valence-corrected chi connectivity index (χ3v) is 5.99. The molecule has 6 nitrogen and oxygen atoms in total. The van der Waals surface area contributed by atoms with Crippen molar-refractivity contribution in [2.24, 2.45) is 0 Å². The third-order valence-electron chi connectivity index (χ3n) is 4.58. The van der Waals surface area contributed by atoms with Crippen molar-refractivity contribution in [3.05, 3.63) is 87.1 Å². The van der Waals surface area contributed by atoms with Gasteiger partial charge in [-0.25, -0.2) is 4.98 Å². The van der Waals surface area contributed by atoms with Crippen LogP contribution in [-0.2, 0) is 4.79 Å². The molecule has 0 aliphatic rings. The van der Waals surface area contributed by atoms with Gasteiger partial charge < -0.3 is 10.1 Å². The highest BCUT2D eigenvalue weighted by Crippen LogP contribution is 2.28. The average Bonchev–Trinajstić information content (AvgIpc) is 2.78. The number of thioether (sulfide) groups is 1. The minimum atomic E-state index is -0.296. The van der Waals surface area contributed by atoms with E-state index in [0.29, 0.717) is 43.2 Å². The summed E-state index contributed by atoms with van der Waals surface area (Å²) in [5, 5.41) is 4.60. The van der Waals surface area contributed by atoms with Gasteiger partial charge in [-0.15, -0.1) is 0 Å². The van der Waals surface area contributed by atoms with Crippen LogP contribution in [0.3, 0.4) is 0 Å². The molecule has 0 bridgehead atoms. The number of anilines is 1. The maximum absolute atomic E-state index is 13.3. The van der Waals surface area contributed by atoms with Crippen LogP contribution in [0, 0.1) is 0 Å². The van der Waals surface area contributed by atoms with Gasteiger partial charge in [0.1, 0.15) is 5.75 Å². The first-order chi connectivity index (χ1) is 15.5. The van der Waals surface area contributed by atoms with Crippen LogP contribution in [0.25, 0.3) is 16.6 Å². The van der Waals surface area contributed by atoms with E-state index in [1.54, 1.807) is 60.7 Å². The normalized spacial score (nSPS) is 10.8. The average molecular weight is 486 g/mol. The molecule has 162 valence electrons. The highest BCUT2D eigenvalue weighted by molar-refractivity contribution is 7.99. The van der Waals surface area contributed by atoms with Gasteiger partial charge in [0.15, 0.2) is 5.16 Å². The van der Waals surface area contributed by atoms with E-state index in [-0.39, 0.29) is 17.2 Å². The second-order valence-electron chi connectivity index (χ2n) is 6.71. The first-order valence-corrected chi connectivity index (χ1v) is 11.2. The van der Waals surface area contributed by atoms with Crippen LogP contribution in [0.5, 0.6) is 5.75 Å². The van der Waals surface area contributed by atoms with Gasteiger partial charge in [0.25, 0.3) is 5.56 Å². The lowest BCUT2D eigenvalue weighted by molar-refractivity contribution is -0.113. The zero-order chi connectivity index (χ0) is 22.7. The van der Waals surface area contributed by atoms with E-state index in [4.69, 9.17) is 27.9 Å². The molecule has 1 aromatic heterocycles. The molecule has 4 aromatic rings. The van der Waals surface area contributed by atoms with Crippen molar-refractivity contribution in [2.45, 2.75) is 5.16 Å². The molecule has 9 heteroatoms. The van der Waals surface area contributed by atoms with Crippen LogP contribution in [0.15, 0.2) is 76.7 Å². The number of benzene rings is 3. The predicted molar refractivity (Wildman–Crippen MR) is 130 cm³/mol. The van der Waals surface area contributed by atoms with Gasteiger partial charge in [-0.1, -0.05) is 53.2 Å². The molecule has 0 aliphatic carbocycles. The van der Waals surface area contributed by atoms with Crippen molar-refractivity contribution in [1.82, 2.24) is 9.55 Å². The number of nitrogens with zero attached hydrogens (tertiary/aromatic N) is 2. The summed E-state index contributed by atoms with van der Waals surface area (Å²) in [5.41, 5.74) is 1.34. The fraction of sp³-hybridized carbons (Fsp3) is 0.0870. The molecule has 0 atom stereocenters. The molecule has 1 amide bonds. The number of carbonyl (C=O) groups excluding carboxylic acids is 1. The summed E-state index contributed by atoms with van der Waals surface area (Å²) in [6, 6.07) is 19.0. The summed E-state index contributed by atoms with van der Waals surface area (Å²) in [6.45, 7) is 0. The number of ether oxygens (including phenoxy) is 1. The highest BCUT2D eigenvalue weighted by atomic mass is 35.5. The van der Waals surface area contributed by atoms with E-state index in [0.717, 1.165) is 11.8 Å². The maximum Gasteiger partial charge on any atom is 0.266 e. The minimum absolute atomic E-state index is 0.0149. The van der Waals surface area contributed by atoms with Crippen LogP contribution in [0.4, 0.5) is 5.69 Å². The topological polar surface area (TPSA) is 73.2 Å². The van der Waals surface area contributed by atoms with Gasteiger partial charge in [0.2, 0.25) is 5.91 Å². The van der Waals surface area contributed by atoms with E-state index in [1.165, 1.54) is 11.7 Å². The van der Waals surface area contributed by atoms with Crippen LogP contribution < -0.4 is 15.6 Å². The first-order valence-electron chi connectivity index (χ1n) is 9.50. The fourth-order valence-corrected chi connectivity index (χ4v) is 4.32. The Morgan fingerprint density at radius 2 is 1.84 bits per heavy atom. The molecule has 0 spiro atoms. The zero-order valence-corrected chi connectivity index (χ0v) is 19.2. The monoisotopic (exact) mass is 485 g/mol. The van der Waals surface area contributed by atoms with Gasteiger partial charge in [-0.05, 0) is 48.5 Å². The van der Waals surface area contributed by atoms with Crippen LogP contribution in [0.1, 0.15) is 0 Å². The Balaban J connectivity index is 1.67. The Labute approximate surface area is 198 Å². The lowest BCUT2D eigenvalue weighted by Gasteiger charge is -2.14. The Kier molecular flexibility index (Phi) is 6.69. The number of halogens is 2. The van der Waals surface area contributed by atoms with Crippen molar-refractivity contribution in [2.75, 3.05) is 18.2 Å². The van der Waals surface area contributed by atoms with Gasteiger partial charge in [0.05, 0.1) is 35.1 Å². The summed E-state index contributed by atoms with van der Waals surface area (Å²) in [6.07, 6.45) is 0. The molecule has 0 fully saturated rings. The van der Waals surface area contributed by atoms with Crippen LogP contribution in [-0.4, -0.2) is 28.3 Å². The molecule has 0 unspecified atom stereocenters. The van der Waals surface area contributed by atoms with Crippen LogP contribution in [0.2, 0.25) is 10.0 Å². The number of hydrogen-bond acceptors (Lipinski definition) is 5. The first kappa shape index (κ1) is 22.2. The second kappa shape index (κ2) is 9.65. The summed E-state index contributed by atoms with van der Waals surface area (Å²) in [7, 11) is 1.51. The zero-order valence-electron chi connectivity index (χ0n) is 16.8. The van der Waals surface area contributed by atoms with Crippen molar-refractivity contribution >= 4 is 57.5 Å². The quantitative estimate of drug-likeness (QED) is 0.291. The predicted octanol–water partition coefficient (Wildman–Crippen LogP) is 5.43. The molecule has 32 heavy (non-hydrogen) atoms. The Morgan fingerprint density at radius 1 is 1.06 bits per heavy atom. The second-order valence-corrected chi connectivity index (χ2v) is 8.53. The van der Waals surface area contributed by atoms with E-state index in [1.807, 2.05) is 6.07 Å². The lowest BCUT2D eigenvalue weighted by Crippen LogP contribution is -2.23. The SMILES string of the molecule is COc1ccc(Cl)cc1NC(=O)CSc1nc2ccccc2c(=O)n1-c1cccc(Cl)c1. The molecule has 0 radical (unpaired) electrons. The van der Waals surface area contributed by atoms with E-state index in [9.17, 15) is 9.59 Å². The van der Waals surface area contributed by atoms with Gasteiger partial charge in [-0.3, -0.25) is 14.2 Å². The largest absolute Gasteiger partial charge is 0.495 e. The number of hydrogen-bond donors (Lipinski definition) is 1. The number of amides is 1. The van der Waals surface area contributed by atoms with E-state index < -0.39 is 0 Å². The molecule has 0 aliphatic heterocycles. The summed E-state index contributed by atoms with van der Waals surface area (Å²) >= 11 is 13.3. The molecule has 0 saturated carbocycles. The van der Waals surface area contributed by atoms with Crippen molar-refractivity contribution in [3.8, 4) is 11.4 Å². The molecule has 4 rings (SSSR count). The van der Waals surface area contributed by atoms with Gasteiger partial charge in [-0.2, -0.15) is 0 Å². The van der Waals surface area contributed by atoms with Crippen molar-refractivity contribution in [3.63, 3.8) is 0 Å². The van der Waals surface area contributed by atoms with Gasteiger partial charge in [0, 0.05) is 10.0 Å². The molecular weight excluding hydrogens is 469 g/mol. The third kappa shape index (κ3) is 4.75. The molecular formula is C23H17Cl2N3O3S. The number of aromatic nitrogens is 2. The van der Waals surface area contributed by atoms with Crippen molar-refractivity contribution in [1.29, 1.82) is 0 Å². The number of rotatable bonds is 6. The Morgan fingerprint density at radius 3 is 2.62 bits per heavy atom. The molecule has 1 N–H and O–H groups in total. The van der Waals surface area contributed by atoms with Crippen molar-refractivity contribution < 1.29 is 9.53 Å². The summed E-state index contributed by atoms with van der Waals surface area (Å²) in [4.78, 5) is 30.5. The number of fused-ring (bicyclic) bond motifs is 1. The molecule has 1 heterocycles. The molecule has 3 aromatic carbocycles. The minimum Gasteiger partial charge on any atom is -0.495 e. The lowest BCUT2D eigenvalue weighted by atomic mass is 10.2. The fourth-order valence-electron chi connectivity index (χ4n) is 3.15. The van der Waals surface area contributed by atoms with E-state index in [2.05, 4.69) is 10.3 Å². The highest BCUT2D eigenvalue weighted by Gasteiger charge is 2.16. The number of nitrogens with one attached hydrogen (secondary N) is 1. The Hall–Kier alpha value is -3.00. The Bertz CT molecular complexity index is 1370. The smallest absolute Gasteiger partial charge is 0.266 e. The van der Waals surface area contributed by atoms with Crippen LogP contribution >= 0.6 is 35.0 Å². The number of para-hydroxylation sites is 1.